The highest BCUT2D eigenvalue weighted by Crippen LogP contribution is 2.24. The van der Waals surface area contributed by atoms with E-state index in [-0.39, 0.29) is 5.91 Å². The fourth-order valence-corrected chi connectivity index (χ4v) is 3.75. The monoisotopic (exact) mass is 410 g/mol. The van der Waals surface area contributed by atoms with E-state index in [2.05, 4.69) is 41.5 Å². The van der Waals surface area contributed by atoms with E-state index < -0.39 is 0 Å². The number of benzene rings is 2. The predicted molar refractivity (Wildman–Crippen MR) is 120 cm³/mol. The van der Waals surface area contributed by atoms with E-state index in [1.807, 2.05) is 45.7 Å². The van der Waals surface area contributed by atoms with Gasteiger partial charge in [-0.1, -0.05) is 42.0 Å². The summed E-state index contributed by atoms with van der Waals surface area (Å²) in [4.78, 5) is 17.3. The zero-order valence-electron chi connectivity index (χ0n) is 17.2. The van der Waals surface area contributed by atoms with Gasteiger partial charge in [-0.2, -0.15) is 0 Å². The molecule has 0 aliphatic rings. The van der Waals surface area contributed by atoms with Crippen LogP contribution in [0.25, 0.3) is 11.1 Å². The maximum absolute atomic E-state index is 13.2. The van der Waals surface area contributed by atoms with E-state index in [1.54, 1.807) is 24.9 Å². The van der Waals surface area contributed by atoms with Crippen LogP contribution < -0.4 is 5.32 Å². The number of anilines is 1. The molecule has 0 unspecified atom stereocenters. The molecule has 0 aliphatic carbocycles. The van der Waals surface area contributed by atoms with Gasteiger partial charge in [0.25, 0.3) is 5.91 Å². The van der Waals surface area contributed by atoms with Crippen LogP contribution in [0.5, 0.6) is 0 Å². The van der Waals surface area contributed by atoms with Crippen molar-refractivity contribution in [3.63, 3.8) is 0 Å². The molecule has 2 aromatic carbocycles. The van der Waals surface area contributed by atoms with Crippen LogP contribution in [0, 0.1) is 6.92 Å². The maximum atomic E-state index is 13.2. The largest absolute Gasteiger partial charge is 0.463 e. The van der Waals surface area contributed by atoms with Gasteiger partial charge in [0.1, 0.15) is 5.69 Å². The third-order valence-corrected chi connectivity index (χ3v) is 5.33. The molecule has 3 heterocycles. The second-order valence-corrected chi connectivity index (χ2v) is 7.66. The van der Waals surface area contributed by atoms with Crippen LogP contribution in [0.3, 0.4) is 0 Å². The molecule has 0 aliphatic heterocycles. The summed E-state index contributed by atoms with van der Waals surface area (Å²) in [5.41, 5.74) is 6.33. The number of nitrogens with zero attached hydrogens (tertiary/aromatic N) is 3. The molecule has 3 aromatic heterocycles. The summed E-state index contributed by atoms with van der Waals surface area (Å²) in [5, 5.41) is 3.04. The quantitative estimate of drug-likeness (QED) is 0.424. The summed E-state index contributed by atoms with van der Waals surface area (Å²) in [5.74, 6) is -0.168. The van der Waals surface area contributed by atoms with Gasteiger partial charge in [0.05, 0.1) is 18.1 Å². The molecule has 0 bridgehead atoms. The second-order valence-electron chi connectivity index (χ2n) is 7.66. The van der Waals surface area contributed by atoms with Gasteiger partial charge >= 0.3 is 0 Å². The normalized spacial score (nSPS) is 11.1. The number of nitrogens with one attached hydrogen (secondary N) is 1. The number of rotatable bonds is 6. The van der Waals surface area contributed by atoms with Gasteiger partial charge in [0.2, 0.25) is 0 Å². The molecule has 6 heteroatoms. The minimum absolute atomic E-state index is 0.168. The summed E-state index contributed by atoms with van der Waals surface area (Å²) < 4.78 is 9.55. The first-order valence-corrected chi connectivity index (χ1v) is 10.1. The van der Waals surface area contributed by atoms with Crippen molar-refractivity contribution in [2.24, 2.45) is 0 Å². The lowest BCUT2D eigenvalue weighted by Gasteiger charge is -2.12. The fourth-order valence-electron chi connectivity index (χ4n) is 3.75. The molecule has 1 amide bonds. The Morgan fingerprint density at radius 3 is 2.71 bits per heavy atom. The van der Waals surface area contributed by atoms with E-state index in [0.29, 0.717) is 24.4 Å². The zero-order chi connectivity index (χ0) is 21.2. The average Bonchev–Trinajstić information content (AvgIpc) is 3.49. The highest BCUT2D eigenvalue weighted by atomic mass is 16.3. The second kappa shape index (κ2) is 7.99. The van der Waals surface area contributed by atoms with E-state index >= 15 is 0 Å². The van der Waals surface area contributed by atoms with E-state index in [1.165, 1.54) is 5.56 Å². The molecule has 0 saturated heterocycles. The topological polar surface area (TPSA) is 65.0 Å². The molecule has 0 radical (unpaired) electrons. The number of aromatic nitrogens is 3. The first kappa shape index (κ1) is 18.9. The molecule has 154 valence electrons. The summed E-state index contributed by atoms with van der Waals surface area (Å²) in [6, 6.07) is 19.9. The summed E-state index contributed by atoms with van der Waals surface area (Å²) >= 11 is 0. The standard InChI is InChI=1S/C25H22N4O2/c1-18-5-7-19(8-6-18)16-29-22-9-12-31-24(22)14-23(29)25(30)27-21-4-2-3-20(13-21)15-28-11-10-26-17-28/h2-14,17H,15-16H2,1H3,(H,27,30). The molecular formula is C25H22N4O2. The third kappa shape index (κ3) is 4.00. The number of imidazole rings is 1. The third-order valence-electron chi connectivity index (χ3n) is 5.33. The van der Waals surface area contributed by atoms with E-state index in [4.69, 9.17) is 4.42 Å². The van der Waals surface area contributed by atoms with Gasteiger partial charge < -0.3 is 18.9 Å². The van der Waals surface area contributed by atoms with Gasteiger partial charge in [-0.15, -0.1) is 0 Å². The SMILES string of the molecule is Cc1ccc(Cn2c(C(=O)Nc3cccc(Cn4ccnc4)c3)cc3occc32)cc1. The predicted octanol–water partition coefficient (Wildman–Crippen LogP) is 5.09. The van der Waals surface area contributed by atoms with Gasteiger partial charge in [-0.25, -0.2) is 4.98 Å². The highest BCUT2D eigenvalue weighted by molar-refractivity contribution is 6.05. The van der Waals surface area contributed by atoms with Crippen molar-refractivity contribution >= 4 is 22.7 Å². The van der Waals surface area contributed by atoms with Crippen molar-refractivity contribution in [3.05, 3.63) is 108 Å². The maximum Gasteiger partial charge on any atom is 0.272 e. The minimum Gasteiger partial charge on any atom is -0.463 e. The van der Waals surface area contributed by atoms with Crippen molar-refractivity contribution in [3.8, 4) is 0 Å². The van der Waals surface area contributed by atoms with E-state index in [0.717, 1.165) is 22.3 Å². The zero-order valence-corrected chi connectivity index (χ0v) is 17.2. The lowest BCUT2D eigenvalue weighted by molar-refractivity contribution is 0.101. The van der Waals surface area contributed by atoms with Crippen molar-refractivity contribution in [1.82, 2.24) is 14.1 Å². The van der Waals surface area contributed by atoms with Crippen LogP contribution in [0.15, 0.2) is 90.1 Å². The molecule has 31 heavy (non-hydrogen) atoms. The van der Waals surface area contributed by atoms with Crippen LogP contribution in [0.2, 0.25) is 0 Å². The molecule has 0 spiro atoms. The number of amides is 1. The fraction of sp³-hybridized carbons (Fsp3) is 0.120. The van der Waals surface area contributed by atoms with Crippen LogP contribution in [0.1, 0.15) is 27.2 Å². The van der Waals surface area contributed by atoms with Crippen LogP contribution in [0.4, 0.5) is 5.69 Å². The van der Waals surface area contributed by atoms with Gasteiger partial charge in [-0.3, -0.25) is 4.79 Å². The first-order chi connectivity index (χ1) is 15.2. The van der Waals surface area contributed by atoms with Gasteiger partial charge in [0, 0.05) is 43.3 Å². The Hall–Kier alpha value is -4.06. The van der Waals surface area contributed by atoms with Crippen molar-refractivity contribution < 1.29 is 9.21 Å². The number of hydrogen-bond donors (Lipinski definition) is 1. The Kier molecular flexibility index (Phi) is 4.88. The Labute approximate surface area is 179 Å². The molecule has 0 fully saturated rings. The van der Waals surface area contributed by atoms with Crippen molar-refractivity contribution in [1.29, 1.82) is 0 Å². The Morgan fingerprint density at radius 1 is 1.03 bits per heavy atom. The van der Waals surface area contributed by atoms with Gasteiger partial charge in [0.15, 0.2) is 5.58 Å². The Balaban J connectivity index is 1.41. The summed E-state index contributed by atoms with van der Waals surface area (Å²) in [7, 11) is 0. The molecule has 5 rings (SSSR count). The van der Waals surface area contributed by atoms with Gasteiger partial charge in [-0.05, 0) is 30.2 Å². The van der Waals surface area contributed by atoms with Crippen molar-refractivity contribution in [2.45, 2.75) is 20.0 Å². The molecule has 0 atom stereocenters. The van der Waals surface area contributed by atoms with Crippen LogP contribution in [-0.4, -0.2) is 20.0 Å². The number of fused-ring (bicyclic) bond motifs is 1. The number of aryl methyl sites for hydroxylation is 1. The molecule has 0 saturated carbocycles. The smallest absolute Gasteiger partial charge is 0.272 e. The minimum atomic E-state index is -0.168. The lowest BCUT2D eigenvalue weighted by atomic mass is 10.1. The van der Waals surface area contributed by atoms with Crippen LogP contribution >= 0.6 is 0 Å². The average molecular weight is 410 g/mol. The molecular weight excluding hydrogens is 388 g/mol. The number of furan rings is 1. The number of carbonyl (C=O) groups excluding carboxylic acids is 1. The number of hydrogen-bond acceptors (Lipinski definition) is 3. The lowest BCUT2D eigenvalue weighted by Crippen LogP contribution is -2.17. The van der Waals surface area contributed by atoms with E-state index in [9.17, 15) is 4.79 Å². The molecule has 5 aromatic rings. The molecule has 1 N–H and O–H groups in total. The Bertz CT molecular complexity index is 1330. The number of carbonyl (C=O) groups is 1. The highest BCUT2D eigenvalue weighted by Gasteiger charge is 2.18. The van der Waals surface area contributed by atoms with Crippen LogP contribution in [-0.2, 0) is 13.1 Å². The summed E-state index contributed by atoms with van der Waals surface area (Å²) in [6.07, 6.45) is 7.09. The van der Waals surface area contributed by atoms with Crippen molar-refractivity contribution in [2.75, 3.05) is 5.32 Å². The molecule has 6 nitrogen and oxygen atoms in total. The summed E-state index contributed by atoms with van der Waals surface area (Å²) in [6.45, 7) is 3.35. The Morgan fingerprint density at radius 2 is 1.90 bits per heavy atom. The first-order valence-electron chi connectivity index (χ1n) is 10.1.